The first-order valence-electron chi connectivity index (χ1n) is 4.71. The predicted octanol–water partition coefficient (Wildman–Crippen LogP) is 0.677. The number of fused-ring (bicyclic) bond motifs is 1. The molecule has 5 nitrogen and oxygen atoms in total. The molecular formula is C10H12N2O3S. The molecule has 86 valence electrons. The zero-order chi connectivity index (χ0) is 11.9. The van der Waals surface area contributed by atoms with Gasteiger partial charge in [0.25, 0.3) is 10.1 Å². The van der Waals surface area contributed by atoms with Crippen LogP contribution in [0.4, 0.5) is 11.4 Å². The zero-order valence-electron chi connectivity index (χ0n) is 8.42. The summed E-state index contributed by atoms with van der Waals surface area (Å²) in [4.78, 5) is 0. The molecule has 0 saturated heterocycles. The Balaban J connectivity index is 2.53. The Bertz CT molecular complexity index is 564. The molecule has 0 amide bonds. The van der Waals surface area contributed by atoms with E-state index in [4.69, 9.17) is 16.0 Å². The van der Waals surface area contributed by atoms with Gasteiger partial charge in [-0.2, -0.15) is 8.42 Å². The van der Waals surface area contributed by atoms with Gasteiger partial charge >= 0.3 is 0 Å². The van der Waals surface area contributed by atoms with Gasteiger partial charge in [-0.3, -0.25) is 4.55 Å². The van der Waals surface area contributed by atoms with Crippen molar-refractivity contribution in [1.29, 1.82) is 0 Å². The molecule has 1 unspecified atom stereocenters. The average Bonchev–Trinajstić information content (AvgIpc) is 2.22. The van der Waals surface area contributed by atoms with Gasteiger partial charge in [0.1, 0.15) is 5.25 Å². The van der Waals surface area contributed by atoms with E-state index in [1.165, 1.54) is 6.08 Å². The van der Waals surface area contributed by atoms with Crippen LogP contribution in [0.5, 0.6) is 0 Å². The highest BCUT2D eigenvalue weighted by Crippen LogP contribution is 2.31. The Kier molecular flexibility index (Phi) is 2.40. The number of nitrogens with two attached hydrogens (primary N) is 2. The van der Waals surface area contributed by atoms with Gasteiger partial charge in [-0.15, -0.1) is 0 Å². The fourth-order valence-electron chi connectivity index (χ4n) is 1.80. The normalized spacial score (nSPS) is 19.4. The van der Waals surface area contributed by atoms with Crippen molar-refractivity contribution in [1.82, 2.24) is 0 Å². The molecule has 0 saturated carbocycles. The van der Waals surface area contributed by atoms with Gasteiger partial charge in [0.2, 0.25) is 0 Å². The van der Waals surface area contributed by atoms with Crippen LogP contribution in [0.1, 0.15) is 11.1 Å². The van der Waals surface area contributed by atoms with Crippen LogP contribution >= 0.6 is 0 Å². The molecule has 2 rings (SSSR count). The van der Waals surface area contributed by atoms with Crippen molar-refractivity contribution >= 4 is 27.6 Å². The molecule has 16 heavy (non-hydrogen) atoms. The lowest BCUT2D eigenvalue weighted by Gasteiger charge is -2.20. The van der Waals surface area contributed by atoms with Crippen molar-refractivity contribution < 1.29 is 13.0 Å². The second-order valence-electron chi connectivity index (χ2n) is 3.75. The van der Waals surface area contributed by atoms with Crippen molar-refractivity contribution in [2.45, 2.75) is 11.7 Å². The molecule has 5 N–H and O–H groups in total. The maximum absolute atomic E-state index is 11.0. The first kappa shape index (κ1) is 11.0. The summed E-state index contributed by atoms with van der Waals surface area (Å²) in [6, 6.07) is 3.31. The molecule has 0 aromatic heterocycles. The highest BCUT2D eigenvalue weighted by atomic mass is 32.2. The number of anilines is 2. The average molecular weight is 240 g/mol. The summed E-state index contributed by atoms with van der Waals surface area (Å²) < 4.78 is 31.0. The van der Waals surface area contributed by atoms with Crippen molar-refractivity contribution in [3.63, 3.8) is 0 Å². The minimum Gasteiger partial charge on any atom is -0.398 e. The summed E-state index contributed by atoms with van der Waals surface area (Å²) in [6.45, 7) is 0. The lowest BCUT2D eigenvalue weighted by Crippen LogP contribution is -2.24. The van der Waals surface area contributed by atoms with Crippen LogP contribution < -0.4 is 11.5 Å². The van der Waals surface area contributed by atoms with Gasteiger partial charge in [0.05, 0.1) is 0 Å². The molecular weight excluding hydrogens is 228 g/mol. The summed E-state index contributed by atoms with van der Waals surface area (Å²) in [5.74, 6) is 0. The Morgan fingerprint density at radius 2 is 1.88 bits per heavy atom. The van der Waals surface area contributed by atoms with E-state index in [0.29, 0.717) is 16.9 Å². The van der Waals surface area contributed by atoms with E-state index in [1.54, 1.807) is 18.2 Å². The summed E-state index contributed by atoms with van der Waals surface area (Å²) in [6.07, 6.45) is 3.16. The molecule has 0 fully saturated rings. The molecule has 0 heterocycles. The summed E-state index contributed by atoms with van der Waals surface area (Å²) in [7, 11) is -4.08. The van der Waals surface area contributed by atoms with E-state index in [-0.39, 0.29) is 6.42 Å². The highest BCUT2D eigenvalue weighted by Gasteiger charge is 2.26. The minimum atomic E-state index is -4.08. The fraction of sp³-hybridized carbons (Fsp3) is 0.200. The van der Waals surface area contributed by atoms with Gasteiger partial charge < -0.3 is 11.5 Å². The first-order valence-corrected chi connectivity index (χ1v) is 6.21. The minimum absolute atomic E-state index is 0.154. The van der Waals surface area contributed by atoms with Gasteiger partial charge in [-0.1, -0.05) is 12.2 Å². The number of hydrogen-bond acceptors (Lipinski definition) is 4. The van der Waals surface area contributed by atoms with Crippen molar-refractivity contribution in [3.8, 4) is 0 Å². The number of nitrogen functional groups attached to an aromatic ring is 2. The lowest BCUT2D eigenvalue weighted by atomic mass is 9.94. The third kappa shape index (κ3) is 1.77. The van der Waals surface area contributed by atoms with E-state index in [1.807, 2.05) is 0 Å². The van der Waals surface area contributed by atoms with E-state index in [9.17, 15) is 8.42 Å². The maximum atomic E-state index is 11.0. The fourth-order valence-corrected chi connectivity index (χ4v) is 2.46. The predicted molar refractivity (Wildman–Crippen MR) is 63.3 cm³/mol. The second kappa shape index (κ2) is 3.50. The zero-order valence-corrected chi connectivity index (χ0v) is 9.24. The molecule has 0 aliphatic heterocycles. The molecule has 0 radical (unpaired) electrons. The van der Waals surface area contributed by atoms with Gasteiger partial charge in [0.15, 0.2) is 0 Å². The van der Waals surface area contributed by atoms with E-state index < -0.39 is 15.4 Å². The van der Waals surface area contributed by atoms with Crippen LogP contribution in [0.15, 0.2) is 18.2 Å². The van der Waals surface area contributed by atoms with E-state index in [0.717, 1.165) is 5.56 Å². The van der Waals surface area contributed by atoms with Crippen LogP contribution in [-0.2, 0) is 16.5 Å². The molecule has 0 spiro atoms. The number of hydrogen-bond donors (Lipinski definition) is 3. The van der Waals surface area contributed by atoms with Crippen LogP contribution in [0.3, 0.4) is 0 Å². The van der Waals surface area contributed by atoms with Crippen LogP contribution in [0.25, 0.3) is 6.08 Å². The lowest BCUT2D eigenvalue weighted by molar-refractivity contribution is 0.474. The maximum Gasteiger partial charge on any atom is 0.271 e. The molecule has 1 aliphatic rings. The molecule has 1 aromatic rings. The molecule has 1 aliphatic carbocycles. The molecule has 6 heteroatoms. The summed E-state index contributed by atoms with van der Waals surface area (Å²) in [5.41, 5.74) is 13.9. The second-order valence-corrected chi connectivity index (χ2v) is 5.39. The van der Waals surface area contributed by atoms with E-state index >= 15 is 0 Å². The van der Waals surface area contributed by atoms with Gasteiger partial charge in [-0.25, -0.2) is 0 Å². The van der Waals surface area contributed by atoms with Crippen LogP contribution in [-0.4, -0.2) is 18.2 Å². The molecule has 1 atom stereocenters. The number of benzene rings is 1. The SMILES string of the molecule is Nc1ccc(N)c2c1C=CC(S(=O)(=O)O)C2. The molecule has 1 aromatic carbocycles. The van der Waals surface area contributed by atoms with Crippen LogP contribution in [0, 0.1) is 0 Å². The quantitative estimate of drug-likeness (QED) is 0.494. The molecule has 0 bridgehead atoms. The van der Waals surface area contributed by atoms with Crippen molar-refractivity contribution in [3.05, 3.63) is 29.3 Å². The van der Waals surface area contributed by atoms with Gasteiger partial charge in [-0.05, 0) is 24.1 Å². The topological polar surface area (TPSA) is 106 Å². The van der Waals surface area contributed by atoms with Crippen molar-refractivity contribution in [2.75, 3.05) is 11.5 Å². The summed E-state index contributed by atoms with van der Waals surface area (Å²) in [5, 5.41) is -0.941. The highest BCUT2D eigenvalue weighted by molar-refractivity contribution is 7.86. The summed E-state index contributed by atoms with van der Waals surface area (Å²) >= 11 is 0. The Morgan fingerprint density at radius 3 is 2.50 bits per heavy atom. The van der Waals surface area contributed by atoms with Crippen LogP contribution in [0.2, 0.25) is 0 Å². The van der Waals surface area contributed by atoms with E-state index in [2.05, 4.69) is 0 Å². The monoisotopic (exact) mass is 240 g/mol. The third-order valence-electron chi connectivity index (χ3n) is 2.69. The van der Waals surface area contributed by atoms with Crippen molar-refractivity contribution in [2.24, 2.45) is 0 Å². The Hall–Kier alpha value is -1.53. The standard InChI is InChI=1S/C10H12N2O3S/c11-9-3-4-10(12)8-5-6(16(13,14)15)1-2-7(8)9/h1-4,6H,5,11-12H2,(H,13,14,15). The van der Waals surface area contributed by atoms with Gasteiger partial charge in [0, 0.05) is 16.9 Å². The third-order valence-corrected chi connectivity index (χ3v) is 3.78. The Labute approximate surface area is 93.5 Å². The first-order chi connectivity index (χ1) is 7.39. The number of rotatable bonds is 1. The largest absolute Gasteiger partial charge is 0.398 e. The smallest absolute Gasteiger partial charge is 0.271 e. The Morgan fingerprint density at radius 1 is 1.25 bits per heavy atom.